The summed E-state index contributed by atoms with van der Waals surface area (Å²) in [5.41, 5.74) is 0. The Morgan fingerprint density at radius 3 is 2.78 bits per heavy atom. The topological polar surface area (TPSA) is 40.2 Å². The van der Waals surface area contributed by atoms with Crippen LogP contribution < -0.4 is 0 Å². The Morgan fingerprint density at radius 2 is 2.33 bits per heavy atom. The average Bonchev–Trinajstić information content (AvgIpc) is 2.18. The third-order valence-corrected chi connectivity index (χ3v) is 1.53. The zero-order chi connectivity index (χ0) is 6.69. The van der Waals surface area contributed by atoms with E-state index in [9.17, 15) is 9.90 Å². The molecule has 0 N–H and O–H groups in total. The fraction of sp³-hybridized carbons (Fsp3) is 0.833. The molecule has 1 radical (unpaired) electrons. The minimum atomic E-state index is -0.161. The van der Waals surface area contributed by atoms with E-state index in [2.05, 4.69) is 0 Å². The van der Waals surface area contributed by atoms with E-state index in [1.54, 1.807) is 4.90 Å². The van der Waals surface area contributed by atoms with E-state index in [-0.39, 0.29) is 12.5 Å². The van der Waals surface area contributed by atoms with Crippen molar-refractivity contribution in [3.63, 3.8) is 0 Å². The van der Waals surface area contributed by atoms with Crippen LogP contribution >= 0.6 is 0 Å². The smallest absolute Gasteiger partial charge is 0.222 e. The zero-order valence-corrected chi connectivity index (χ0v) is 5.30. The summed E-state index contributed by atoms with van der Waals surface area (Å²) in [5, 5.41) is 10.0. The van der Waals surface area contributed by atoms with Crippen molar-refractivity contribution in [2.75, 3.05) is 19.7 Å². The van der Waals surface area contributed by atoms with Crippen molar-refractivity contribution < 1.29 is 9.90 Å². The van der Waals surface area contributed by atoms with Crippen molar-refractivity contribution >= 4 is 5.91 Å². The van der Waals surface area contributed by atoms with Gasteiger partial charge in [-0.15, -0.1) is 0 Å². The second-order valence-corrected chi connectivity index (χ2v) is 2.19. The van der Waals surface area contributed by atoms with Gasteiger partial charge in [0.2, 0.25) is 5.91 Å². The predicted octanol–water partition coefficient (Wildman–Crippen LogP) is 0.0393. The first-order valence-corrected chi connectivity index (χ1v) is 3.20. The number of hydrogen-bond acceptors (Lipinski definition) is 1. The fourth-order valence-electron chi connectivity index (χ4n) is 1.05. The molecule has 0 aliphatic carbocycles. The summed E-state index contributed by atoms with van der Waals surface area (Å²) in [5.74, 6) is 0.144. The Hall–Kier alpha value is -0.570. The summed E-state index contributed by atoms with van der Waals surface area (Å²) < 4.78 is 0. The summed E-state index contributed by atoms with van der Waals surface area (Å²) in [7, 11) is 0. The molecule has 1 saturated heterocycles. The fourth-order valence-corrected chi connectivity index (χ4v) is 1.05. The van der Waals surface area contributed by atoms with Crippen LogP contribution in [0.4, 0.5) is 0 Å². The average molecular weight is 128 g/mol. The Morgan fingerprint density at radius 1 is 1.56 bits per heavy atom. The van der Waals surface area contributed by atoms with E-state index in [0.29, 0.717) is 13.0 Å². The number of carbonyl (C=O) groups is 1. The molecule has 51 valence electrons. The Bertz CT molecular complexity index is 114. The van der Waals surface area contributed by atoms with Crippen LogP contribution in [0.3, 0.4) is 0 Å². The quantitative estimate of drug-likeness (QED) is 0.517. The molecule has 0 saturated carbocycles. The number of carbonyl (C=O) groups excluding carboxylic acids is 1. The highest BCUT2D eigenvalue weighted by molar-refractivity contribution is 5.77. The van der Waals surface area contributed by atoms with Gasteiger partial charge < -0.3 is 4.90 Å². The molecule has 0 atom stereocenters. The molecule has 9 heavy (non-hydrogen) atoms. The number of hydrogen-bond donors (Lipinski definition) is 0. The summed E-state index contributed by atoms with van der Waals surface area (Å²) in [6.45, 7) is 1.03. The Kier molecular flexibility index (Phi) is 2.05. The maximum Gasteiger partial charge on any atom is 0.222 e. The van der Waals surface area contributed by atoms with Crippen LogP contribution in [0.5, 0.6) is 0 Å². The van der Waals surface area contributed by atoms with Gasteiger partial charge in [-0.25, -0.2) is 5.11 Å². The van der Waals surface area contributed by atoms with Gasteiger partial charge in [0.05, 0.1) is 6.61 Å². The summed E-state index contributed by atoms with van der Waals surface area (Å²) in [6, 6.07) is 0. The third-order valence-electron chi connectivity index (χ3n) is 1.53. The molecule has 0 unspecified atom stereocenters. The van der Waals surface area contributed by atoms with Crippen molar-refractivity contribution in [2.45, 2.75) is 12.8 Å². The second kappa shape index (κ2) is 2.82. The van der Waals surface area contributed by atoms with Crippen molar-refractivity contribution in [1.82, 2.24) is 4.90 Å². The zero-order valence-electron chi connectivity index (χ0n) is 5.30. The first kappa shape index (κ1) is 6.55. The number of amides is 1. The molecule has 1 aliphatic rings. The number of likely N-dealkylation sites (tertiary alicyclic amines) is 1. The van der Waals surface area contributed by atoms with Gasteiger partial charge in [-0.1, -0.05) is 0 Å². The lowest BCUT2D eigenvalue weighted by atomic mass is 10.4. The molecule has 3 nitrogen and oxygen atoms in total. The summed E-state index contributed by atoms with van der Waals surface area (Å²) >= 11 is 0. The molecule has 1 aliphatic heterocycles. The van der Waals surface area contributed by atoms with Gasteiger partial charge in [0.1, 0.15) is 0 Å². The van der Waals surface area contributed by atoms with E-state index in [4.69, 9.17) is 0 Å². The molecule has 1 amide bonds. The van der Waals surface area contributed by atoms with Gasteiger partial charge in [0, 0.05) is 19.5 Å². The van der Waals surface area contributed by atoms with Crippen LogP contribution in [-0.4, -0.2) is 30.5 Å². The predicted molar refractivity (Wildman–Crippen MR) is 31.4 cm³/mol. The molecular formula is C6H10NO2. The molecule has 0 aromatic rings. The molecule has 0 aromatic carbocycles. The largest absolute Gasteiger partial charge is 0.340 e. The highest BCUT2D eigenvalue weighted by Crippen LogP contribution is 2.07. The van der Waals surface area contributed by atoms with Crippen LogP contribution in [0.25, 0.3) is 0 Å². The first-order chi connectivity index (χ1) is 4.34. The lowest BCUT2D eigenvalue weighted by Gasteiger charge is -2.11. The summed E-state index contributed by atoms with van der Waals surface area (Å²) in [4.78, 5) is 12.4. The highest BCUT2D eigenvalue weighted by Gasteiger charge is 2.18. The number of rotatable bonds is 2. The van der Waals surface area contributed by atoms with Gasteiger partial charge in [-0.3, -0.25) is 4.79 Å². The molecule has 1 heterocycles. The normalized spacial score (nSPS) is 19.2. The van der Waals surface area contributed by atoms with Crippen molar-refractivity contribution in [3.05, 3.63) is 0 Å². The number of nitrogens with zero attached hydrogens (tertiary/aromatic N) is 1. The maximum absolute atomic E-state index is 10.8. The van der Waals surface area contributed by atoms with E-state index in [1.807, 2.05) is 0 Å². The minimum absolute atomic E-state index is 0.144. The van der Waals surface area contributed by atoms with E-state index < -0.39 is 0 Å². The van der Waals surface area contributed by atoms with Crippen LogP contribution in [0.2, 0.25) is 0 Å². The first-order valence-electron chi connectivity index (χ1n) is 3.20. The van der Waals surface area contributed by atoms with Gasteiger partial charge in [-0.2, -0.15) is 0 Å². The van der Waals surface area contributed by atoms with Crippen molar-refractivity contribution in [3.8, 4) is 0 Å². The highest BCUT2D eigenvalue weighted by atomic mass is 16.3. The Balaban J connectivity index is 2.31. The molecule has 0 bridgehead atoms. The van der Waals surface area contributed by atoms with E-state index in [0.717, 1.165) is 13.0 Å². The van der Waals surface area contributed by atoms with E-state index >= 15 is 0 Å². The minimum Gasteiger partial charge on any atom is -0.340 e. The maximum atomic E-state index is 10.8. The van der Waals surface area contributed by atoms with Gasteiger partial charge >= 0.3 is 0 Å². The second-order valence-electron chi connectivity index (χ2n) is 2.19. The third kappa shape index (κ3) is 1.42. The van der Waals surface area contributed by atoms with Gasteiger partial charge in [0.25, 0.3) is 0 Å². The van der Waals surface area contributed by atoms with Crippen molar-refractivity contribution in [1.29, 1.82) is 0 Å². The molecule has 3 heteroatoms. The van der Waals surface area contributed by atoms with Crippen LogP contribution in [0, 0.1) is 0 Å². The van der Waals surface area contributed by atoms with Gasteiger partial charge in [-0.05, 0) is 6.42 Å². The van der Waals surface area contributed by atoms with Gasteiger partial charge in [0.15, 0.2) is 0 Å². The molecular weight excluding hydrogens is 118 g/mol. The summed E-state index contributed by atoms with van der Waals surface area (Å²) in [6.07, 6.45) is 1.57. The molecule has 0 spiro atoms. The van der Waals surface area contributed by atoms with Crippen LogP contribution in [-0.2, 0) is 9.90 Å². The van der Waals surface area contributed by atoms with Crippen LogP contribution in [0.15, 0.2) is 0 Å². The SMILES string of the molecule is [O]CCN1CCCC1=O. The Labute approximate surface area is 54.3 Å². The molecule has 1 fully saturated rings. The van der Waals surface area contributed by atoms with Crippen LogP contribution in [0.1, 0.15) is 12.8 Å². The van der Waals surface area contributed by atoms with Crippen molar-refractivity contribution in [2.24, 2.45) is 0 Å². The van der Waals surface area contributed by atoms with E-state index in [1.165, 1.54) is 0 Å². The molecule has 0 aromatic heterocycles. The lowest BCUT2D eigenvalue weighted by Crippen LogP contribution is -2.27. The standard InChI is InChI=1S/C6H10NO2/c8-5-4-7-3-1-2-6(7)9/h1-5H2. The molecule has 1 rings (SSSR count). The monoisotopic (exact) mass is 128 g/mol. The lowest BCUT2D eigenvalue weighted by molar-refractivity contribution is -0.128.